The molecule has 4 N–H and O–H groups in total. The number of nitrogens with one attached hydrogen (secondary N) is 2. The fourth-order valence-electron chi connectivity index (χ4n) is 2.97. The van der Waals surface area contributed by atoms with E-state index in [0.717, 1.165) is 22.3 Å². The number of hydrogen-bond donors (Lipinski definition) is 3. The van der Waals surface area contributed by atoms with Crippen LogP contribution < -0.4 is 11.1 Å². The number of anilines is 2. The Morgan fingerprint density at radius 1 is 1.40 bits per heavy atom. The number of piperidine rings is 1. The van der Waals surface area contributed by atoms with Crippen molar-refractivity contribution in [1.82, 2.24) is 15.1 Å². The van der Waals surface area contributed by atoms with Gasteiger partial charge in [0.1, 0.15) is 0 Å². The molecule has 1 saturated heterocycles. The molecule has 1 aromatic carbocycles. The molecule has 0 saturated carbocycles. The Bertz CT molecular complexity index is 569. The minimum atomic E-state index is 0.519. The van der Waals surface area contributed by atoms with E-state index in [-0.39, 0.29) is 0 Å². The molecule has 1 fully saturated rings. The molecule has 2 aromatic rings. The van der Waals surface area contributed by atoms with Crippen molar-refractivity contribution >= 4 is 22.3 Å². The minimum absolute atomic E-state index is 0.519. The number of aromatic nitrogens is 2. The number of fused-ring (bicyclic) bond motifs is 1. The first-order valence-electron chi connectivity index (χ1n) is 7.47. The standard InChI is InChI=1S/C15H23N5/c1-2-5-20-6-3-12(4-7-20)18-15-9-14-11(8-13(15)16)10-17-19-14/h8-10,12,18H,2-7,16H2,1H3,(H,17,19). The number of H-pyrrole nitrogens is 1. The largest absolute Gasteiger partial charge is 0.397 e. The van der Waals surface area contributed by atoms with Gasteiger partial charge in [0, 0.05) is 24.5 Å². The summed E-state index contributed by atoms with van der Waals surface area (Å²) in [4.78, 5) is 2.54. The molecular weight excluding hydrogens is 250 g/mol. The molecule has 0 atom stereocenters. The van der Waals surface area contributed by atoms with Crippen molar-refractivity contribution in [1.29, 1.82) is 0 Å². The number of aromatic amines is 1. The maximum absolute atomic E-state index is 6.12. The van der Waals surface area contributed by atoms with Gasteiger partial charge in [0.2, 0.25) is 0 Å². The monoisotopic (exact) mass is 273 g/mol. The van der Waals surface area contributed by atoms with E-state index in [9.17, 15) is 0 Å². The number of nitrogens with zero attached hydrogens (tertiary/aromatic N) is 2. The van der Waals surface area contributed by atoms with E-state index in [4.69, 9.17) is 5.73 Å². The van der Waals surface area contributed by atoms with Crippen LogP contribution in [-0.4, -0.2) is 40.8 Å². The molecule has 0 spiro atoms. The van der Waals surface area contributed by atoms with Gasteiger partial charge in [0.15, 0.2) is 0 Å². The summed E-state index contributed by atoms with van der Waals surface area (Å²) in [6.45, 7) is 5.81. The number of hydrogen-bond acceptors (Lipinski definition) is 4. The molecule has 0 amide bonds. The maximum Gasteiger partial charge on any atom is 0.0672 e. The molecule has 20 heavy (non-hydrogen) atoms. The Kier molecular flexibility index (Phi) is 3.78. The predicted octanol–water partition coefficient (Wildman–Crippen LogP) is 2.43. The summed E-state index contributed by atoms with van der Waals surface area (Å²) < 4.78 is 0. The molecule has 1 aliphatic heterocycles. The first kappa shape index (κ1) is 13.2. The van der Waals surface area contributed by atoms with Crippen molar-refractivity contribution in [2.45, 2.75) is 32.2 Å². The molecule has 1 aliphatic rings. The van der Waals surface area contributed by atoms with Crippen molar-refractivity contribution in [3.63, 3.8) is 0 Å². The lowest BCUT2D eigenvalue weighted by Gasteiger charge is -2.32. The molecule has 5 heteroatoms. The van der Waals surface area contributed by atoms with Crippen LogP contribution in [0.15, 0.2) is 18.3 Å². The topological polar surface area (TPSA) is 70.0 Å². The fourth-order valence-corrected chi connectivity index (χ4v) is 2.97. The number of rotatable bonds is 4. The lowest BCUT2D eigenvalue weighted by Crippen LogP contribution is -2.39. The van der Waals surface area contributed by atoms with Gasteiger partial charge in [-0.1, -0.05) is 6.92 Å². The van der Waals surface area contributed by atoms with E-state index in [1.165, 1.54) is 38.9 Å². The third-order valence-electron chi connectivity index (χ3n) is 4.10. The molecule has 0 aliphatic carbocycles. The second kappa shape index (κ2) is 5.71. The average Bonchev–Trinajstić information content (AvgIpc) is 2.89. The van der Waals surface area contributed by atoms with E-state index in [0.29, 0.717) is 6.04 Å². The van der Waals surface area contributed by atoms with Crippen LogP contribution in [0.4, 0.5) is 11.4 Å². The molecule has 5 nitrogen and oxygen atoms in total. The summed E-state index contributed by atoms with van der Waals surface area (Å²) in [5.41, 5.74) is 8.98. The van der Waals surface area contributed by atoms with Crippen LogP contribution in [0, 0.1) is 0 Å². The van der Waals surface area contributed by atoms with Crippen molar-refractivity contribution in [3.8, 4) is 0 Å². The second-order valence-corrected chi connectivity index (χ2v) is 5.66. The van der Waals surface area contributed by atoms with E-state index in [1.54, 1.807) is 6.20 Å². The first-order valence-corrected chi connectivity index (χ1v) is 7.47. The van der Waals surface area contributed by atoms with Gasteiger partial charge in [-0.05, 0) is 37.9 Å². The second-order valence-electron chi connectivity index (χ2n) is 5.66. The van der Waals surface area contributed by atoms with Crippen LogP contribution in [0.1, 0.15) is 26.2 Å². The van der Waals surface area contributed by atoms with E-state index >= 15 is 0 Å². The molecule has 108 valence electrons. The van der Waals surface area contributed by atoms with Crippen molar-refractivity contribution in [2.75, 3.05) is 30.7 Å². The van der Waals surface area contributed by atoms with Gasteiger partial charge in [0.25, 0.3) is 0 Å². The number of likely N-dealkylation sites (tertiary alicyclic amines) is 1. The summed E-state index contributed by atoms with van der Waals surface area (Å²) in [5.74, 6) is 0. The van der Waals surface area contributed by atoms with Gasteiger partial charge in [0.05, 0.1) is 23.1 Å². The number of benzene rings is 1. The molecule has 1 aromatic heterocycles. The van der Waals surface area contributed by atoms with Crippen LogP contribution in [0.5, 0.6) is 0 Å². The smallest absolute Gasteiger partial charge is 0.0672 e. The molecular formula is C15H23N5. The van der Waals surface area contributed by atoms with Gasteiger partial charge >= 0.3 is 0 Å². The van der Waals surface area contributed by atoms with Crippen LogP contribution in [0.2, 0.25) is 0 Å². The zero-order valence-electron chi connectivity index (χ0n) is 12.0. The Labute approximate surface area is 119 Å². The van der Waals surface area contributed by atoms with Crippen LogP contribution >= 0.6 is 0 Å². The lowest BCUT2D eigenvalue weighted by atomic mass is 10.0. The minimum Gasteiger partial charge on any atom is -0.397 e. The Morgan fingerprint density at radius 2 is 2.20 bits per heavy atom. The summed E-state index contributed by atoms with van der Waals surface area (Å²) in [6.07, 6.45) is 5.40. The lowest BCUT2D eigenvalue weighted by molar-refractivity contribution is 0.219. The van der Waals surface area contributed by atoms with Crippen LogP contribution in [0.25, 0.3) is 10.9 Å². The highest BCUT2D eigenvalue weighted by Gasteiger charge is 2.19. The normalized spacial score (nSPS) is 17.6. The fraction of sp³-hybridized carbons (Fsp3) is 0.533. The number of nitrogen functional groups attached to an aromatic ring is 1. The van der Waals surface area contributed by atoms with Crippen molar-refractivity contribution in [2.24, 2.45) is 0 Å². The van der Waals surface area contributed by atoms with Gasteiger partial charge < -0.3 is 16.0 Å². The van der Waals surface area contributed by atoms with Gasteiger partial charge in [-0.15, -0.1) is 0 Å². The Morgan fingerprint density at radius 3 is 2.95 bits per heavy atom. The van der Waals surface area contributed by atoms with E-state index in [1.807, 2.05) is 6.07 Å². The SMILES string of the molecule is CCCN1CCC(Nc2cc3[nH]ncc3cc2N)CC1. The van der Waals surface area contributed by atoms with Gasteiger partial charge in [-0.2, -0.15) is 5.10 Å². The highest BCUT2D eigenvalue weighted by molar-refractivity contribution is 5.88. The summed E-state index contributed by atoms with van der Waals surface area (Å²) in [5, 5.41) is 11.7. The highest BCUT2D eigenvalue weighted by atomic mass is 15.1. The third-order valence-corrected chi connectivity index (χ3v) is 4.10. The zero-order valence-corrected chi connectivity index (χ0v) is 12.0. The zero-order chi connectivity index (χ0) is 13.9. The molecule has 0 bridgehead atoms. The summed E-state index contributed by atoms with van der Waals surface area (Å²) in [7, 11) is 0. The van der Waals surface area contributed by atoms with E-state index in [2.05, 4.69) is 33.4 Å². The van der Waals surface area contributed by atoms with Crippen molar-refractivity contribution < 1.29 is 0 Å². The molecule has 0 unspecified atom stereocenters. The molecule has 0 radical (unpaired) electrons. The van der Waals surface area contributed by atoms with Crippen molar-refractivity contribution in [3.05, 3.63) is 18.3 Å². The maximum atomic E-state index is 6.12. The third kappa shape index (κ3) is 2.72. The molecule has 3 rings (SSSR count). The predicted molar refractivity (Wildman–Crippen MR) is 83.9 cm³/mol. The first-order chi connectivity index (χ1) is 9.76. The van der Waals surface area contributed by atoms with Crippen LogP contribution in [0.3, 0.4) is 0 Å². The summed E-state index contributed by atoms with van der Waals surface area (Å²) in [6, 6.07) is 4.56. The Hall–Kier alpha value is -1.75. The van der Waals surface area contributed by atoms with Crippen LogP contribution in [-0.2, 0) is 0 Å². The van der Waals surface area contributed by atoms with Gasteiger partial charge in [-0.3, -0.25) is 5.10 Å². The van der Waals surface area contributed by atoms with Gasteiger partial charge in [-0.25, -0.2) is 0 Å². The quantitative estimate of drug-likeness (QED) is 0.748. The molecule has 2 heterocycles. The summed E-state index contributed by atoms with van der Waals surface area (Å²) >= 11 is 0. The number of nitrogens with two attached hydrogens (primary N) is 1. The van der Waals surface area contributed by atoms with E-state index < -0.39 is 0 Å². The Balaban J connectivity index is 1.66. The highest BCUT2D eigenvalue weighted by Crippen LogP contribution is 2.27. The average molecular weight is 273 g/mol.